The maximum Gasteiger partial charge on any atom is 0.238 e. The summed E-state index contributed by atoms with van der Waals surface area (Å²) in [5.41, 5.74) is 2.14. The molecule has 158 valence electrons. The van der Waals surface area contributed by atoms with Crippen molar-refractivity contribution in [1.29, 1.82) is 0 Å². The van der Waals surface area contributed by atoms with Crippen LogP contribution >= 0.6 is 0 Å². The van der Waals surface area contributed by atoms with E-state index in [4.69, 9.17) is 9.88 Å². The normalized spacial score (nSPS) is 11.8. The number of nitrogens with two attached hydrogens (primary N) is 1. The van der Waals surface area contributed by atoms with Crippen molar-refractivity contribution in [3.05, 3.63) is 78.1 Å². The molecular weight excluding hydrogens is 426 g/mol. The first-order valence-corrected chi connectivity index (χ1v) is 12.3. The number of hydrogen-bond donors (Lipinski definition) is 2. The predicted molar refractivity (Wildman–Crippen MR) is 113 cm³/mol. The van der Waals surface area contributed by atoms with Crippen molar-refractivity contribution in [1.82, 2.24) is 4.98 Å². The SMILES string of the molecule is CS(=O)(=O)c1cc(S(N)(=O)=O)ccc1NCc1ccc(OCc2cccnc2)cc1. The van der Waals surface area contributed by atoms with E-state index in [1.165, 1.54) is 12.1 Å². The Morgan fingerprint density at radius 1 is 1.00 bits per heavy atom. The van der Waals surface area contributed by atoms with Gasteiger partial charge in [0, 0.05) is 30.8 Å². The van der Waals surface area contributed by atoms with Crippen LogP contribution in [0.1, 0.15) is 11.1 Å². The van der Waals surface area contributed by atoms with Gasteiger partial charge in [0.2, 0.25) is 10.0 Å². The predicted octanol–water partition coefficient (Wildman–Crippen LogP) is 2.32. The number of hydrogen-bond acceptors (Lipinski definition) is 7. The summed E-state index contributed by atoms with van der Waals surface area (Å²) in [5.74, 6) is 0.692. The molecule has 0 aliphatic heterocycles. The third-order valence-electron chi connectivity index (χ3n) is 4.22. The van der Waals surface area contributed by atoms with Crippen LogP contribution in [0.15, 0.2) is 76.8 Å². The summed E-state index contributed by atoms with van der Waals surface area (Å²) in [6.07, 6.45) is 4.44. The van der Waals surface area contributed by atoms with Crippen molar-refractivity contribution in [2.45, 2.75) is 22.9 Å². The van der Waals surface area contributed by atoms with Gasteiger partial charge in [-0.15, -0.1) is 0 Å². The molecule has 0 spiro atoms. The van der Waals surface area contributed by atoms with Crippen LogP contribution in [-0.2, 0) is 33.0 Å². The van der Waals surface area contributed by atoms with Gasteiger partial charge < -0.3 is 10.1 Å². The van der Waals surface area contributed by atoms with E-state index in [0.717, 1.165) is 23.4 Å². The van der Waals surface area contributed by atoms with E-state index in [2.05, 4.69) is 10.3 Å². The van der Waals surface area contributed by atoms with E-state index in [9.17, 15) is 16.8 Å². The van der Waals surface area contributed by atoms with Crippen LogP contribution in [0.4, 0.5) is 5.69 Å². The maximum atomic E-state index is 12.1. The van der Waals surface area contributed by atoms with E-state index in [1.54, 1.807) is 12.4 Å². The smallest absolute Gasteiger partial charge is 0.238 e. The Morgan fingerprint density at radius 2 is 1.73 bits per heavy atom. The molecule has 3 rings (SSSR count). The molecule has 0 unspecified atom stereocenters. The van der Waals surface area contributed by atoms with Crippen LogP contribution < -0.4 is 15.2 Å². The summed E-state index contributed by atoms with van der Waals surface area (Å²) in [7, 11) is -7.68. The number of sulfone groups is 1. The molecule has 0 atom stereocenters. The molecule has 0 amide bonds. The Labute approximate surface area is 175 Å². The topological polar surface area (TPSA) is 128 Å². The number of benzene rings is 2. The fourth-order valence-corrected chi connectivity index (χ4v) is 4.18. The largest absolute Gasteiger partial charge is 0.489 e. The number of aromatic nitrogens is 1. The average Bonchev–Trinajstić information content (AvgIpc) is 2.71. The Hall–Kier alpha value is -2.95. The highest BCUT2D eigenvalue weighted by Crippen LogP contribution is 2.25. The second-order valence-electron chi connectivity index (χ2n) is 6.62. The molecule has 0 fully saturated rings. The van der Waals surface area contributed by atoms with Gasteiger partial charge in [0.25, 0.3) is 0 Å². The fraction of sp³-hybridized carbons (Fsp3) is 0.150. The molecule has 0 aliphatic rings. The summed E-state index contributed by atoms with van der Waals surface area (Å²) >= 11 is 0. The number of sulfonamides is 1. The zero-order chi connectivity index (χ0) is 21.8. The van der Waals surface area contributed by atoms with E-state index in [0.29, 0.717) is 24.6 Å². The zero-order valence-corrected chi connectivity index (χ0v) is 17.8. The number of nitrogens with one attached hydrogen (secondary N) is 1. The molecule has 0 aliphatic carbocycles. The number of anilines is 1. The summed E-state index contributed by atoms with van der Waals surface area (Å²) in [4.78, 5) is 3.64. The Kier molecular flexibility index (Phi) is 6.40. The lowest BCUT2D eigenvalue weighted by Crippen LogP contribution is -2.14. The average molecular weight is 448 g/mol. The van der Waals surface area contributed by atoms with Crippen LogP contribution in [0.25, 0.3) is 0 Å². The van der Waals surface area contributed by atoms with Crippen LogP contribution in [0.3, 0.4) is 0 Å². The summed E-state index contributed by atoms with van der Waals surface area (Å²) in [5, 5.41) is 8.13. The molecule has 10 heteroatoms. The van der Waals surface area contributed by atoms with Crippen molar-refractivity contribution in [3.63, 3.8) is 0 Å². The van der Waals surface area contributed by atoms with Gasteiger partial charge in [0.15, 0.2) is 9.84 Å². The highest BCUT2D eigenvalue weighted by Gasteiger charge is 2.18. The standard InChI is InChI=1S/C20H21N3O5S2/c1-29(24,25)20-11-18(30(21,26)27)8-9-19(20)23-13-15-4-6-17(7-5-15)28-14-16-3-2-10-22-12-16/h2-12,23H,13-14H2,1H3,(H2,21,26,27). The van der Waals surface area contributed by atoms with Crippen LogP contribution in [0.5, 0.6) is 5.75 Å². The quantitative estimate of drug-likeness (QED) is 0.542. The monoisotopic (exact) mass is 447 g/mol. The lowest BCUT2D eigenvalue weighted by molar-refractivity contribution is 0.305. The molecule has 30 heavy (non-hydrogen) atoms. The Morgan fingerprint density at radius 3 is 2.33 bits per heavy atom. The molecule has 1 aromatic heterocycles. The van der Waals surface area contributed by atoms with E-state index < -0.39 is 19.9 Å². The van der Waals surface area contributed by atoms with Gasteiger partial charge in [-0.25, -0.2) is 22.0 Å². The van der Waals surface area contributed by atoms with Gasteiger partial charge >= 0.3 is 0 Å². The Bertz CT molecular complexity index is 1230. The van der Waals surface area contributed by atoms with Gasteiger partial charge in [-0.05, 0) is 42.0 Å². The third-order valence-corrected chi connectivity index (χ3v) is 6.26. The van der Waals surface area contributed by atoms with Crippen molar-refractivity contribution in [3.8, 4) is 5.75 Å². The first-order valence-electron chi connectivity index (χ1n) is 8.84. The zero-order valence-electron chi connectivity index (χ0n) is 16.1. The lowest BCUT2D eigenvalue weighted by Gasteiger charge is -2.13. The molecule has 3 aromatic rings. The molecule has 2 aromatic carbocycles. The second-order valence-corrected chi connectivity index (χ2v) is 10.2. The van der Waals surface area contributed by atoms with Crippen molar-refractivity contribution in [2.24, 2.45) is 5.14 Å². The number of ether oxygens (including phenoxy) is 1. The van der Waals surface area contributed by atoms with Gasteiger partial charge in [0.1, 0.15) is 12.4 Å². The summed E-state index contributed by atoms with van der Waals surface area (Å²) in [6, 6.07) is 14.8. The van der Waals surface area contributed by atoms with E-state index >= 15 is 0 Å². The second kappa shape index (κ2) is 8.82. The van der Waals surface area contributed by atoms with Crippen LogP contribution in [0, 0.1) is 0 Å². The van der Waals surface area contributed by atoms with Gasteiger partial charge in [-0.3, -0.25) is 4.98 Å². The molecule has 0 saturated heterocycles. The number of rotatable bonds is 8. The minimum absolute atomic E-state index is 0.134. The first kappa shape index (κ1) is 21.8. The highest BCUT2D eigenvalue weighted by molar-refractivity contribution is 7.91. The molecule has 3 N–H and O–H groups in total. The molecule has 0 bridgehead atoms. The minimum Gasteiger partial charge on any atom is -0.489 e. The minimum atomic E-state index is -4.01. The van der Waals surface area contributed by atoms with Crippen molar-refractivity contribution < 1.29 is 21.6 Å². The number of primary sulfonamides is 1. The molecule has 0 radical (unpaired) electrons. The van der Waals surface area contributed by atoms with E-state index in [1.807, 2.05) is 36.4 Å². The first-order chi connectivity index (χ1) is 14.1. The highest BCUT2D eigenvalue weighted by atomic mass is 32.2. The number of pyridine rings is 1. The molecule has 1 heterocycles. The molecular formula is C20H21N3O5S2. The molecule has 0 saturated carbocycles. The van der Waals surface area contributed by atoms with Gasteiger partial charge in [0.05, 0.1) is 15.5 Å². The molecule has 8 nitrogen and oxygen atoms in total. The number of nitrogens with zero attached hydrogens (tertiary/aromatic N) is 1. The third kappa shape index (κ3) is 5.78. The van der Waals surface area contributed by atoms with Crippen LogP contribution in [-0.4, -0.2) is 28.1 Å². The maximum absolute atomic E-state index is 12.1. The summed E-state index contributed by atoms with van der Waals surface area (Å²) < 4.78 is 52.9. The van der Waals surface area contributed by atoms with Gasteiger partial charge in [-0.1, -0.05) is 18.2 Å². The fourth-order valence-electron chi connectivity index (χ4n) is 2.68. The van der Waals surface area contributed by atoms with Crippen molar-refractivity contribution in [2.75, 3.05) is 11.6 Å². The summed E-state index contributed by atoms with van der Waals surface area (Å²) in [6.45, 7) is 0.736. The van der Waals surface area contributed by atoms with Gasteiger partial charge in [-0.2, -0.15) is 0 Å². The lowest BCUT2D eigenvalue weighted by atomic mass is 10.2. The van der Waals surface area contributed by atoms with Crippen molar-refractivity contribution >= 4 is 25.5 Å². The Balaban J connectivity index is 1.69. The van der Waals surface area contributed by atoms with Crippen LogP contribution in [0.2, 0.25) is 0 Å². The van der Waals surface area contributed by atoms with E-state index in [-0.39, 0.29) is 9.79 Å².